The van der Waals surface area contributed by atoms with Gasteiger partial charge in [-0.2, -0.15) is 0 Å². The summed E-state index contributed by atoms with van der Waals surface area (Å²) in [7, 11) is 0. The number of anilines is 3. The van der Waals surface area contributed by atoms with E-state index in [-0.39, 0.29) is 0 Å². The molecule has 314 valence electrons. The Bertz CT molecular complexity index is 3920. The Morgan fingerprint density at radius 2 is 0.776 bits per heavy atom. The molecule has 0 aliphatic carbocycles. The van der Waals surface area contributed by atoms with Crippen LogP contribution in [0.1, 0.15) is 0 Å². The zero-order valence-electron chi connectivity index (χ0n) is 36.6. The third-order valence-corrected chi connectivity index (χ3v) is 13.4. The van der Waals surface area contributed by atoms with Crippen LogP contribution in [-0.2, 0) is 0 Å². The maximum atomic E-state index is 6.37. The van der Waals surface area contributed by atoms with Crippen LogP contribution >= 0.6 is 0 Å². The van der Waals surface area contributed by atoms with Crippen molar-refractivity contribution in [3.8, 4) is 50.2 Å². The molecule has 0 saturated heterocycles. The van der Waals surface area contributed by atoms with Crippen LogP contribution < -0.4 is 4.90 Å². The normalized spacial score (nSPS) is 11.6. The molecule has 0 saturated carbocycles. The van der Waals surface area contributed by atoms with Crippen molar-refractivity contribution >= 4 is 71.6 Å². The van der Waals surface area contributed by atoms with Gasteiger partial charge in [-0.3, -0.25) is 0 Å². The molecule has 0 spiro atoms. The predicted octanol–water partition coefficient (Wildman–Crippen LogP) is 18.0. The highest BCUT2D eigenvalue weighted by atomic mass is 16.3. The summed E-state index contributed by atoms with van der Waals surface area (Å²) in [6, 6.07) is 91.9. The molecule has 0 N–H and O–H groups in total. The van der Waals surface area contributed by atoms with E-state index in [1.165, 1.54) is 49.3 Å². The number of fused-ring (bicyclic) bond motifs is 7. The molecule has 0 aliphatic rings. The largest absolute Gasteiger partial charge is 0.455 e. The SMILES string of the molecule is c1ccc(-c2ccccc2-n2c3ccccc3c3ccccc32)c(-c2ccc(N(c3ccc(-c4ccc(-c5cccc6c5oc5ccccc56)cc4)cc3)c3ccc4ccccc4c3)cc2)c1. The van der Waals surface area contributed by atoms with Gasteiger partial charge in [0.15, 0.2) is 0 Å². The quantitative estimate of drug-likeness (QED) is 0.152. The Kier molecular flexibility index (Phi) is 9.17. The van der Waals surface area contributed by atoms with Crippen LogP contribution in [0.5, 0.6) is 0 Å². The number of rotatable bonds is 8. The number of furan rings is 1. The molecule has 13 aromatic rings. The van der Waals surface area contributed by atoms with E-state index < -0.39 is 0 Å². The van der Waals surface area contributed by atoms with Crippen LogP contribution in [0.25, 0.3) is 105 Å². The molecular formula is C64H42N2O. The van der Waals surface area contributed by atoms with Crippen molar-refractivity contribution in [2.75, 3.05) is 4.90 Å². The summed E-state index contributed by atoms with van der Waals surface area (Å²) in [5.74, 6) is 0. The molecule has 3 heteroatoms. The molecule has 67 heavy (non-hydrogen) atoms. The fourth-order valence-corrected chi connectivity index (χ4v) is 10.2. The second-order valence-electron chi connectivity index (χ2n) is 17.3. The van der Waals surface area contributed by atoms with Crippen LogP contribution in [0.3, 0.4) is 0 Å². The van der Waals surface area contributed by atoms with Gasteiger partial charge in [0.1, 0.15) is 11.2 Å². The minimum absolute atomic E-state index is 0.911. The van der Waals surface area contributed by atoms with Gasteiger partial charge >= 0.3 is 0 Å². The lowest BCUT2D eigenvalue weighted by atomic mass is 9.93. The first kappa shape index (κ1) is 38.5. The van der Waals surface area contributed by atoms with Crippen molar-refractivity contribution in [1.82, 2.24) is 4.57 Å². The van der Waals surface area contributed by atoms with Gasteiger partial charge < -0.3 is 13.9 Å². The van der Waals surface area contributed by atoms with E-state index in [0.717, 1.165) is 72.5 Å². The summed E-state index contributed by atoms with van der Waals surface area (Å²) in [6.45, 7) is 0. The van der Waals surface area contributed by atoms with Crippen molar-refractivity contribution < 1.29 is 4.42 Å². The predicted molar refractivity (Wildman–Crippen MR) is 282 cm³/mol. The summed E-state index contributed by atoms with van der Waals surface area (Å²) in [6.07, 6.45) is 0. The van der Waals surface area contributed by atoms with Gasteiger partial charge in [-0.15, -0.1) is 0 Å². The minimum Gasteiger partial charge on any atom is -0.455 e. The molecule has 13 rings (SSSR count). The molecule has 0 amide bonds. The van der Waals surface area contributed by atoms with Crippen molar-refractivity contribution in [2.24, 2.45) is 0 Å². The fraction of sp³-hybridized carbons (Fsp3) is 0. The standard InChI is InChI=1S/C64H42N2O/c1-2-15-48-42-51(41-34-43(48)14-1)65(49-37-32-45(33-38-49)44-28-30-47(31-29-44)53-22-13-23-59-58-21-8-12-27-63(58)67-64(53)59)50-39-35-46(36-40-50)52-16-3-4-17-54(52)55-18-5-9-24-60(55)66-61-25-10-6-19-56(61)57-20-7-11-26-62(57)66/h1-42H. The van der Waals surface area contributed by atoms with E-state index in [4.69, 9.17) is 4.42 Å². The highest BCUT2D eigenvalue weighted by Gasteiger charge is 2.19. The van der Waals surface area contributed by atoms with Crippen LogP contribution in [0.15, 0.2) is 259 Å². The first-order valence-corrected chi connectivity index (χ1v) is 22.9. The van der Waals surface area contributed by atoms with Crippen molar-refractivity contribution in [1.29, 1.82) is 0 Å². The highest BCUT2D eigenvalue weighted by Crippen LogP contribution is 2.43. The average molecular weight is 855 g/mol. The summed E-state index contributed by atoms with van der Waals surface area (Å²) in [5.41, 5.74) is 17.9. The molecule has 0 aliphatic heterocycles. The topological polar surface area (TPSA) is 21.3 Å². The van der Waals surface area contributed by atoms with E-state index in [1.54, 1.807) is 0 Å². The molecule has 11 aromatic carbocycles. The summed E-state index contributed by atoms with van der Waals surface area (Å²) >= 11 is 0. The lowest BCUT2D eigenvalue weighted by Gasteiger charge is -2.26. The number of hydrogen-bond donors (Lipinski definition) is 0. The first-order chi connectivity index (χ1) is 33.2. The van der Waals surface area contributed by atoms with E-state index in [2.05, 4.69) is 252 Å². The molecule has 0 fully saturated rings. The van der Waals surface area contributed by atoms with Gasteiger partial charge in [0.25, 0.3) is 0 Å². The Labute approximate surface area is 388 Å². The van der Waals surface area contributed by atoms with Crippen LogP contribution in [0, 0.1) is 0 Å². The Balaban J connectivity index is 0.858. The number of aromatic nitrogens is 1. The Morgan fingerprint density at radius 1 is 0.299 bits per heavy atom. The maximum Gasteiger partial charge on any atom is 0.143 e. The monoisotopic (exact) mass is 854 g/mol. The van der Waals surface area contributed by atoms with Crippen molar-refractivity contribution in [3.05, 3.63) is 255 Å². The molecular weight excluding hydrogens is 813 g/mol. The fourth-order valence-electron chi connectivity index (χ4n) is 10.2. The number of para-hydroxylation sites is 5. The first-order valence-electron chi connectivity index (χ1n) is 22.9. The van der Waals surface area contributed by atoms with E-state index >= 15 is 0 Å². The van der Waals surface area contributed by atoms with Crippen molar-refractivity contribution in [2.45, 2.75) is 0 Å². The second-order valence-corrected chi connectivity index (χ2v) is 17.3. The van der Waals surface area contributed by atoms with Crippen molar-refractivity contribution in [3.63, 3.8) is 0 Å². The van der Waals surface area contributed by atoms with Gasteiger partial charge in [0, 0.05) is 49.7 Å². The van der Waals surface area contributed by atoms with E-state index in [9.17, 15) is 0 Å². The second kappa shape index (κ2) is 16.0. The van der Waals surface area contributed by atoms with Crippen LogP contribution in [0.2, 0.25) is 0 Å². The van der Waals surface area contributed by atoms with Gasteiger partial charge in [-0.25, -0.2) is 0 Å². The zero-order chi connectivity index (χ0) is 44.3. The average Bonchev–Trinajstić information content (AvgIpc) is 3.95. The van der Waals surface area contributed by atoms with Crippen LogP contribution in [-0.4, -0.2) is 4.57 Å². The van der Waals surface area contributed by atoms with Gasteiger partial charge in [-0.05, 0) is 105 Å². The molecule has 0 radical (unpaired) electrons. The smallest absolute Gasteiger partial charge is 0.143 e. The summed E-state index contributed by atoms with van der Waals surface area (Å²) in [4.78, 5) is 2.36. The van der Waals surface area contributed by atoms with Gasteiger partial charge in [0.05, 0.1) is 16.7 Å². The molecule has 2 aromatic heterocycles. The number of hydrogen-bond acceptors (Lipinski definition) is 2. The molecule has 0 atom stereocenters. The van der Waals surface area contributed by atoms with Crippen LogP contribution in [0.4, 0.5) is 17.1 Å². The van der Waals surface area contributed by atoms with Gasteiger partial charge in [-0.1, -0.05) is 194 Å². The Hall–Kier alpha value is -8.92. The number of nitrogens with zero attached hydrogens (tertiary/aromatic N) is 2. The Morgan fingerprint density at radius 3 is 1.49 bits per heavy atom. The summed E-state index contributed by atoms with van der Waals surface area (Å²) < 4.78 is 8.80. The minimum atomic E-state index is 0.911. The summed E-state index contributed by atoms with van der Waals surface area (Å²) in [5, 5.41) is 7.21. The molecule has 3 nitrogen and oxygen atoms in total. The lowest BCUT2D eigenvalue weighted by Crippen LogP contribution is -2.09. The maximum absolute atomic E-state index is 6.37. The van der Waals surface area contributed by atoms with E-state index in [1.807, 2.05) is 12.1 Å². The zero-order valence-corrected chi connectivity index (χ0v) is 36.6. The molecule has 0 bridgehead atoms. The third-order valence-electron chi connectivity index (χ3n) is 13.4. The number of benzene rings is 11. The molecule has 2 heterocycles. The van der Waals surface area contributed by atoms with Gasteiger partial charge in [0.2, 0.25) is 0 Å². The van der Waals surface area contributed by atoms with E-state index in [0.29, 0.717) is 0 Å². The lowest BCUT2D eigenvalue weighted by molar-refractivity contribution is 0.670. The third kappa shape index (κ3) is 6.59. The highest BCUT2D eigenvalue weighted by molar-refractivity contribution is 6.11. The molecule has 0 unspecified atom stereocenters.